The first-order chi connectivity index (χ1) is 10.3. The Morgan fingerprint density at radius 1 is 1.27 bits per heavy atom. The van der Waals surface area contributed by atoms with Gasteiger partial charge in [-0.25, -0.2) is 8.42 Å². The molecule has 1 aromatic rings. The highest BCUT2D eigenvalue weighted by Gasteiger charge is 2.27. The molecule has 2 rings (SSSR count). The average Bonchev–Trinajstić information content (AvgIpc) is 2.99. The van der Waals surface area contributed by atoms with Crippen LogP contribution in [0.3, 0.4) is 0 Å². The highest BCUT2D eigenvalue weighted by molar-refractivity contribution is 7.92. The molecule has 0 bridgehead atoms. The molecule has 1 aliphatic heterocycles. The molecule has 1 amide bonds. The number of hydrogen-bond donors (Lipinski definition) is 0. The molecular weight excluding hydrogens is 300 g/mol. The van der Waals surface area contributed by atoms with Gasteiger partial charge in [0.25, 0.3) is 0 Å². The molecule has 0 spiro atoms. The lowest BCUT2D eigenvalue weighted by Crippen LogP contribution is -2.38. The Balaban J connectivity index is 2.15. The van der Waals surface area contributed by atoms with Crippen LogP contribution in [0, 0.1) is 0 Å². The number of carbonyl (C=O) groups excluding carboxylic acids is 1. The van der Waals surface area contributed by atoms with Crippen molar-refractivity contribution in [2.24, 2.45) is 0 Å². The molecule has 0 aromatic heterocycles. The minimum absolute atomic E-state index is 0.362. The normalized spacial score (nSPS) is 16.6. The summed E-state index contributed by atoms with van der Waals surface area (Å²) >= 11 is 0. The van der Waals surface area contributed by atoms with Gasteiger partial charge in [-0.05, 0) is 31.4 Å². The lowest BCUT2D eigenvalue weighted by Gasteiger charge is -2.25. The van der Waals surface area contributed by atoms with Gasteiger partial charge >= 0.3 is 0 Å². The van der Waals surface area contributed by atoms with Crippen molar-refractivity contribution in [1.29, 1.82) is 0 Å². The number of carbonyl (C=O) groups is 1. The minimum Gasteiger partial charge on any atom is -0.371 e. The van der Waals surface area contributed by atoms with Crippen LogP contribution in [0.5, 0.6) is 0 Å². The number of para-hydroxylation sites is 1. The second kappa shape index (κ2) is 6.69. The van der Waals surface area contributed by atoms with Gasteiger partial charge in [0.1, 0.15) is 5.25 Å². The van der Waals surface area contributed by atoms with E-state index >= 15 is 0 Å². The van der Waals surface area contributed by atoms with Crippen LogP contribution in [0.1, 0.15) is 25.3 Å². The number of anilines is 1. The first-order valence-corrected chi connectivity index (χ1v) is 9.53. The third kappa shape index (κ3) is 3.80. The van der Waals surface area contributed by atoms with Crippen LogP contribution < -0.4 is 4.90 Å². The number of nitrogens with zero attached hydrogens (tertiary/aromatic N) is 2. The van der Waals surface area contributed by atoms with Gasteiger partial charge in [0.2, 0.25) is 5.91 Å². The zero-order valence-corrected chi connectivity index (χ0v) is 14.3. The first-order valence-electron chi connectivity index (χ1n) is 7.57. The fraction of sp³-hybridized carbons (Fsp3) is 0.562. The monoisotopic (exact) mass is 324 g/mol. The number of amides is 1. The highest BCUT2D eigenvalue weighted by Crippen LogP contribution is 2.25. The molecule has 122 valence electrons. The van der Waals surface area contributed by atoms with Crippen molar-refractivity contribution in [2.45, 2.75) is 31.6 Å². The summed E-state index contributed by atoms with van der Waals surface area (Å²) in [5.41, 5.74) is 2.20. The van der Waals surface area contributed by atoms with E-state index in [1.165, 1.54) is 24.7 Å². The second-order valence-corrected chi connectivity index (χ2v) is 8.36. The van der Waals surface area contributed by atoms with E-state index in [4.69, 9.17) is 0 Å². The average molecular weight is 324 g/mol. The standard InChI is InChI=1S/C16H24N2O3S/c1-13(22(3,20)21)16(19)17(2)12-14-8-4-5-9-15(14)18-10-6-7-11-18/h4-5,8-9,13H,6-7,10-12H2,1-3H3/t13-/m0/s1. The van der Waals surface area contributed by atoms with E-state index in [1.807, 2.05) is 18.2 Å². The highest BCUT2D eigenvalue weighted by atomic mass is 32.2. The van der Waals surface area contributed by atoms with Crippen LogP contribution >= 0.6 is 0 Å². The number of sulfone groups is 1. The smallest absolute Gasteiger partial charge is 0.240 e. The third-order valence-electron chi connectivity index (χ3n) is 4.21. The van der Waals surface area contributed by atoms with Crippen LogP contribution in [0.25, 0.3) is 0 Å². The van der Waals surface area contributed by atoms with Gasteiger partial charge in [-0.2, -0.15) is 0 Å². The molecule has 0 N–H and O–H groups in total. The lowest BCUT2D eigenvalue weighted by atomic mass is 10.1. The number of hydrogen-bond acceptors (Lipinski definition) is 4. The summed E-state index contributed by atoms with van der Waals surface area (Å²) in [5, 5.41) is -1.00. The molecule has 1 aliphatic rings. The van der Waals surface area contributed by atoms with E-state index in [2.05, 4.69) is 11.0 Å². The molecule has 0 unspecified atom stereocenters. The van der Waals surface area contributed by atoms with Gasteiger partial charge in [-0.15, -0.1) is 0 Å². The predicted molar refractivity (Wildman–Crippen MR) is 88.7 cm³/mol. The largest absolute Gasteiger partial charge is 0.371 e. The third-order valence-corrected chi connectivity index (χ3v) is 5.70. The van der Waals surface area contributed by atoms with Crippen LogP contribution in [0.4, 0.5) is 5.69 Å². The van der Waals surface area contributed by atoms with Crippen molar-refractivity contribution in [3.8, 4) is 0 Å². The van der Waals surface area contributed by atoms with E-state index in [1.54, 1.807) is 7.05 Å². The maximum atomic E-state index is 12.3. The summed E-state index contributed by atoms with van der Waals surface area (Å²) in [6.07, 6.45) is 3.48. The molecule has 1 fully saturated rings. The zero-order valence-electron chi connectivity index (χ0n) is 13.4. The maximum Gasteiger partial charge on any atom is 0.240 e. The van der Waals surface area contributed by atoms with Crippen LogP contribution in [-0.2, 0) is 21.2 Å². The van der Waals surface area contributed by atoms with E-state index in [9.17, 15) is 13.2 Å². The van der Waals surface area contributed by atoms with Crippen LogP contribution in [-0.4, -0.2) is 50.9 Å². The van der Waals surface area contributed by atoms with Crippen molar-refractivity contribution >= 4 is 21.4 Å². The molecule has 1 atom stereocenters. The molecule has 1 aromatic carbocycles. The fourth-order valence-electron chi connectivity index (χ4n) is 2.74. The summed E-state index contributed by atoms with van der Waals surface area (Å²) in [5.74, 6) is -0.362. The Labute approximate surface area is 132 Å². The molecule has 0 saturated carbocycles. The van der Waals surface area contributed by atoms with Crippen molar-refractivity contribution in [1.82, 2.24) is 4.90 Å². The molecule has 22 heavy (non-hydrogen) atoms. The van der Waals surface area contributed by atoms with Crippen molar-refractivity contribution < 1.29 is 13.2 Å². The van der Waals surface area contributed by atoms with Gasteiger partial charge in [-0.1, -0.05) is 18.2 Å². The van der Waals surface area contributed by atoms with Gasteiger partial charge < -0.3 is 9.80 Å². The molecule has 5 nitrogen and oxygen atoms in total. The Morgan fingerprint density at radius 2 is 1.86 bits per heavy atom. The second-order valence-electron chi connectivity index (χ2n) is 5.99. The SMILES string of the molecule is C[C@@H](C(=O)N(C)Cc1ccccc1N1CCCC1)S(C)(=O)=O. The van der Waals surface area contributed by atoms with Gasteiger partial charge in [0.05, 0.1) is 0 Å². The van der Waals surface area contributed by atoms with Crippen LogP contribution in [0.2, 0.25) is 0 Å². The molecule has 1 saturated heterocycles. The molecule has 0 aliphatic carbocycles. The summed E-state index contributed by atoms with van der Waals surface area (Å²) < 4.78 is 23.1. The van der Waals surface area contributed by atoms with E-state index < -0.39 is 15.1 Å². The Morgan fingerprint density at radius 3 is 2.45 bits per heavy atom. The number of rotatable bonds is 5. The fourth-order valence-corrected chi connectivity index (χ4v) is 3.28. The summed E-state index contributed by atoms with van der Waals surface area (Å²) in [6, 6.07) is 8.02. The maximum absolute atomic E-state index is 12.3. The zero-order chi connectivity index (χ0) is 16.3. The van der Waals surface area contributed by atoms with E-state index in [0.29, 0.717) is 6.54 Å². The molecular formula is C16H24N2O3S. The Bertz CT molecular complexity index is 637. The summed E-state index contributed by atoms with van der Waals surface area (Å²) in [4.78, 5) is 16.1. The van der Waals surface area contributed by atoms with Gasteiger partial charge in [-0.3, -0.25) is 4.79 Å². The lowest BCUT2D eigenvalue weighted by molar-refractivity contribution is -0.129. The first kappa shape index (κ1) is 16.8. The van der Waals surface area contributed by atoms with Crippen molar-refractivity contribution in [2.75, 3.05) is 31.3 Å². The van der Waals surface area contributed by atoms with Crippen molar-refractivity contribution in [3.63, 3.8) is 0 Å². The number of benzene rings is 1. The molecule has 0 radical (unpaired) electrons. The Hall–Kier alpha value is -1.56. The van der Waals surface area contributed by atoms with Crippen LogP contribution in [0.15, 0.2) is 24.3 Å². The van der Waals surface area contributed by atoms with E-state index in [-0.39, 0.29) is 5.91 Å². The summed E-state index contributed by atoms with van der Waals surface area (Å²) in [6.45, 7) is 3.94. The molecule has 1 heterocycles. The minimum atomic E-state index is -3.37. The van der Waals surface area contributed by atoms with Gasteiger partial charge in [0.15, 0.2) is 9.84 Å². The Kier molecular flexibility index (Phi) is 5.11. The molecule has 6 heteroatoms. The topological polar surface area (TPSA) is 57.7 Å². The van der Waals surface area contributed by atoms with Gasteiger partial charge in [0, 0.05) is 38.6 Å². The quantitative estimate of drug-likeness (QED) is 0.827. The van der Waals surface area contributed by atoms with Crippen molar-refractivity contribution in [3.05, 3.63) is 29.8 Å². The summed E-state index contributed by atoms with van der Waals surface area (Å²) in [7, 11) is -1.71. The van der Waals surface area contributed by atoms with E-state index in [0.717, 1.165) is 30.6 Å². The predicted octanol–water partition coefficient (Wildman–Crippen LogP) is 1.68.